The summed E-state index contributed by atoms with van der Waals surface area (Å²) in [6.07, 6.45) is 0. The van der Waals surface area contributed by atoms with Crippen molar-refractivity contribution in [1.29, 1.82) is 0 Å². The Bertz CT molecular complexity index is 1230. The van der Waals surface area contributed by atoms with Gasteiger partial charge in [0.15, 0.2) is 5.75 Å². The van der Waals surface area contributed by atoms with Gasteiger partial charge < -0.3 is 19.3 Å². The van der Waals surface area contributed by atoms with Crippen LogP contribution in [-0.4, -0.2) is 23.1 Å². The predicted octanol–water partition coefficient (Wildman–Crippen LogP) is 6.73. The number of ether oxygens (including phenoxy) is 3. The minimum atomic E-state index is -1.12. The fourth-order valence-corrected chi connectivity index (χ4v) is 3.62. The van der Waals surface area contributed by atoms with E-state index in [0.29, 0.717) is 22.6 Å². The van der Waals surface area contributed by atoms with Gasteiger partial charge in [0.05, 0.1) is 22.1 Å². The number of nitrogens with zero attached hydrogens (tertiary/aromatic N) is 1. The van der Waals surface area contributed by atoms with Crippen molar-refractivity contribution in [3.8, 4) is 17.2 Å². The Labute approximate surface area is 205 Å². The Kier molecular flexibility index (Phi) is 7.99. The zero-order valence-corrected chi connectivity index (χ0v) is 19.6. The fraction of sp³-hybridized carbons (Fsp3) is 0.125. The van der Waals surface area contributed by atoms with Gasteiger partial charge in [0, 0.05) is 24.3 Å². The van der Waals surface area contributed by atoms with Gasteiger partial charge in [0.2, 0.25) is 0 Å². The highest BCUT2D eigenvalue weighted by Gasteiger charge is 2.19. The number of aliphatic carboxylic acids is 1. The van der Waals surface area contributed by atoms with Crippen LogP contribution in [0.4, 0.5) is 5.69 Å². The molecule has 0 unspecified atom stereocenters. The molecule has 0 aliphatic rings. The number of benzene rings is 3. The smallest absolute Gasteiger partial charge is 0.339 e. The maximum absolute atomic E-state index is 11.8. The van der Waals surface area contributed by atoms with Gasteiger partial charge in [-0.2, -0.15) is 0 Å². The third-order valence-electron chi connectivity index (χ3n) is 4.79. The molecule has 34 heavy (non-hydrogen) atoms. The van der Waals surface area contributed by atoms with Crippen LogP contribution in [0.3, 0.4) is 0 Å². The Hall–Kier alpha value is -3.75. The van der Waals surface area contributed by atoms with Gasteiger partial charge in [-0.3, -0.25) is 10.1 Å². The molecule has 176 valence electrons. The van der Waals surface area contributed by atoms with Crippen molar-refractivity contribution in [3.05, 3.63) is 97.7 Å². The molecule has 3 aromatic carbocycles. The molecule has 10 heteroatoms. The molecule has 0 saturated carbocycles. The molecule has 0 atom stereocenters. The second-order valence-electron chi connectivity index (χ2n) is 6.96. The lowest BCUT2D eigenvalue weighted by Crippen LogP contribution is -2.08. The summed E-state index contributed by atoms with van der Waals surface area (Å²) in [5.74, 6) is -0.0372. The minimum absolute atomic E-state index is 0.0320. The van der Waals surface area contributed by atoms with Crippen molar-refractivity contribution < 1.29 is 29.0 Å². The van der Waals surface area contributed by atoms with Gasteiger partial charge in [-0.15, -0.1) is 0 Å². The number of methoxy groups -OCH3 is 1. The van der Waals surface area contributed by atoms with E-state index in [1.807, 2.05) is 0 Å². The lowest BCUT2D eigenvalue weighted by Gasteiger charge is -2.15. The van der Waals surface area contributed by atoms with Crippen LogP contribution in [0.15, 0.2) is 66.4 Å². The Morgan fingerprint density at radius 2 is 1.65 bits per heavy atom. The maximum atomic E-state index is 11.8. The highest BCUT2D eigenvalue weighted by molar-refractivity contribution is 6.37. The van der Waals surface area contributed by atoms with Crippen LogP contribution in [0.1, 0.15) is 18.1 Å². The summed E-state index contributed by atoms with van der Waals surface area (Å²) in [6, 6.07) is 15.4. The standard InChI is InChI=1S/C24H19Cl2NO7/c1-14(32-2)22(24(28)29)19-6-4-3-5-15(19)13-33-18-11-20(25)23(21(26)12-18)34-17-9-7-16(8-10-17)27(30)31/h3-12H,13H2,1-2H3,(H,28,29). The highest BCUT2D eigenvalue weighted by atomic mass is 35.5. The van der Waals surface area contributed by atoms with E-state index in [4.69, 9.17) is 37.4 Å². The Balaban J connectivity index is 1.81. The number of nitro groups is 1. The molecule has 0 bridgehead atoms. The number of carboxylic acid groups (broad SMARTS) is 1. The van der Waals surface area contributed by atoms with Gasteiger partial charge >= 0.3 is 5.97 Å². The second kappa shape index (κ2) is 10.9. The molecule has 0 spiro atoms. The molecular formula is C24H19Cl2NO7. The summed E-state index contributed by atoms with van der Waals surface area (Å²) in [6.45, 7) is 1.61. The molecule has 0 saturated heterocycles. The van der Waals surface area contributed by atoms with E-state index >= 15 is 0 Å². The summed E-state index contributed by atoms with van der Waals surface area (Å²) < 4.78 is 16.6. The summed E-state index contributed by atoms with van der Waals surface area (Å²) in [5, 5.41) is 20.8. The van der Waals surface area contributed by atoms with Crippen LogP contribution in [-0.2, 0) is 16.1 Å². The SMILES string of the molecule is COC(C)=C(C(=O)O)c1ccccc1COc1cc(Cl)c(Oc2ccc([N+](=O)[O-])cc2)c(Cl)c1. The fourth-order valence-electron chi connectivity index (χ4n) is 3.08. The van der Waals surface area contributed by atoms with Crippen molar-refractivity contribution in [1.82, 2.24) is 0 Å². The number of hydrogen-bond donors (Lipinski definition) is 1. The largest absolute Gasteiger partial charge is 0.500 e. The molecule has 0 radical (unpaired) electrons. The molecule has 0 aliphatic carbocycles. The first-order valence-corrected chi connectivity index (χ1v) is 10.6. The van der Waals surface area contributed by atoms with E-state index in [9.17, 15) is 20.0 Å². The summed E-state index contributed by atoms with van der Waals surface area (Å²) in [7, 11) is 1.40. The predicted molar refractivity (Wildman–Crippen MR) is 128 cm³/mol. The second-order valence-corrected chi connectivity index (χ2v) is 7.77. The van der Waals surface area contributed by atoms with Crippen LogP contribution in [0, 0.1) is 10.1 Å². The van der Waals surface area contributed by atoms with E-state index in [1.54, 1.807) is 31.2 Å². The third kappa shape index (κ3) is 5.78. The molecule has 1 N–H and O–H groups in total. The van der Waals surface area contributed by atoms with Crippen molar-refractivity contribution in [2.75, 3.05) is 7.11 Å². The molecule has 8 nitrogen and oxygen atoms in total. The Morgan fingerprint density at radius 1 is 1.03 bits per heavy atom. The number of halogens is 2. The quantitative estimate of drug-likeness (QED) is 0.149. The molecule has 3 aromatic rings. The van der Waals surface area contributed by atoms with E-state index in [-0.39, 0.29) is 39.4 Å². The average Bonchev–Trinajstić information content (AvgIpc) is 2.80. The van der Waals surface area contributed by atoms with Crippen molar-refractivity contribution in [3.63, 3.8) is 0 Å². The normalized spacial score (nSPS) is 11.4. The number of nitro benzene ring substituents is 1. The monoisotopic (exact) mass is 503 g/mol. The van der Waals surface area contributed by atoms with E-state index in [1.165, 1.54) is 43.5 Å². The van der Waals surface area contributed by atoms with Gasteiger partial charge in [-0.1, -0.05) is 47.5 Å². The number of rotatable bonds is 9. The van der Waals surface area contributed by atoms with Gasteiger partial charge in [0.1, 0.15) is 29.4 Å². The number of carboxylic acids is 1. The molecule has 0 heterocycles. The molecule has 0 aromatic heterocycles. The van der Waals surface area contributed by atoms with E-state index in [0.717, 1.165) is 0 Å². The van der Waals surface area contributed by atoms with Crippen LogP contribution < -0.4 is 9.47 Å². The summed E-state index contributed by atoms with van der Waals surface area (Å²) >= 11 is 12.7. The number of allylic oxidation sites excluding steroid dienone is 1. The first kappa shape index (κ1) is 24.9. The highest BCUT2D eigenvalue weighted by Crippen LogP contribution is 2.40. The number of non-ortho nitro benzene ring substituents is 1. The lowest BCUT2D eigenvalue weighted by molar-refractivity contribution is -0.384. The Morgan fingerprint density at radius 3 is 2.21 bits per heavy atom. The third-order valence-corrected chi connectivity index (χ3v) is 5.35. The van der Waals surface area contributed by atoms with E-state index in [2.05, 4.69) is 0 Å². The first-order valence-electron chi connectivity index (χ1n) is 9.81. The zero-order chi connectivity index (χ0) is 24.8. The van der Waals surface area contributed by atoms with Crippen LogP contribution in [0.5, 0.6) is 17.2 Å². The molecular weight excluding hydrogens is 485 g/mol. The summed E-state index contributed by atoms with van der Waals surface area (Å²) in [5.41, 5.74) is 1.04. The zero-order valence-electron chi connectivity index (χ0n) is 18.1. The minimum Gasteiger partial charge on any atom is -0.500 e. The van der Waals surface area contributed by atoms with Gasteiger partial charge in [-0.05, 0) is 30.2 Å². The van der Waals surface area contributed by atoms with Crippen LogP contribution >= 0.6 is 23.2 Å². The average molecular weight is 504 g/mol. The molecule has 3 rings (SSSR count). The lowest BCUT2D eigenvalue weighted by atomic mass is 9.99. The molecule has 0 amide bonds. The van der Waals surface area contributed by atoms with Crippen molar-refractivity contribution in [2.24, 2.45) is 0 Å². The van der Waals surface area contributed by atoms with Gasteiger partial charge in [-0.25, -0.2) is 4.79 Å². The molecule has 0 aliphatic heterocycles. The van der Waals surface area contributed by atoms with Crippen molar-refractivity contribution in [2.45, 2.75) is 13.5 Å². The van der Waals surface area contributed by atoms with Crippen LogP contribution in [0.25, 0.3) is 5.57 Å². The van der Waals surface area contributed by atoms with Crippen LogP contribution in [0.2, 0.25) is 10.0 Å². The maximum Gasteiger partial charge on any atom is 0.339 e. The van der Waals surface area contributed by atoms with Gasteiger partial charge in [0.25, 0.3) is 5.69 Å². The van der Waals surface area contributed by atoms with Crippen molar-refractivity contribution >= 4 is 40.4 Å². The summed E-state index contributed by atoms with van der Waals surface area (Å²) in [4.78, 5) is 22.1. The first-order chi connectivity index (χ1) is 16.2. The number of carbonyl (C=O) groups is 1. The van der Waals surface area contributed by atoms with E-state index < -0.39 is 10.9 Å². The molecule has 0 fully saturated rings. The topological polar surface area (TPSA) is 108 Å². The number of hydrogen-bond acceptors (Lipinski definition) is 6.